The van der Waals surface area contributed by atoms with Crippen LogP contribution in [0.2, 0.25) is 0 Å². The molecule has 0 unspecified atom stereocenters. The standard InChI is InChI=1S/C12H10O5/c1-7(12(14)15)16-9-4-2-8-3-5-11(13)17-10(8)6-9/h2-7H,1H3,(H,14,15)/t7-/m1/s1. The van der Waals surface area contributed by atoms with Crippen LogP contribution in [0.3, 0.4) is 0 Å². The van der Waals surface area contributed by atoms with E-state index >= 15 is 0 Å². The van der Waals surface area contributed by atoms with Gasteiger partial charge in [-0.05, 0) is 25.1 Å². The van der Waals surface area contributed by atoms with E-state index in [0.29, 0.717) is 11.3 Å². The number of carboxylic acids is 1. The molecular formula is C12H10O5. The number of carboxylic acid groups (broad SMARTS) is 1. The molecule has 1 heterocycles. The van der Waals surface area contributed by atoms with Gasteiger partial charge in [0.05, 0.1) is 0 Å². The first-order valence-electron chi connectivity index (χ1n) is 4.99. The molecule has 5 nitrogen and oxygen atoms in total. The van der Waals surface area contributed by atoms with E-state index in [1.807, 2.05) is 0 Å². The zero-order valence-electron chi connectivity index (χ0n) is 9.04. The number of hydrogen-bond acceptors (Lipinski definition) is 4. The van der Waals surface area contributed by atoms with E-state index < -0.39 is 17.7 Å². The second-order valence-electron chi connectivity index (χ2n) is 3.55. The van der Waals surface area contributed by atoms with E-state index in [9.17, 15) is 9.59 Å². The molecule has 17 heavy (non-hydrogen) atoms. The van der Waals surface area contributed by atoms with Crippen molar-refractivity contribution in [3.63, 3.8) is 0 Å². The Hall–Kier alpha value is -2.30. The molecular weight excluding hydrogens is 224 g/mol. The van der Waals surface area contributed by atoms with Crippen molar-refractivity contribution in [1.82, 2.24) is 0 Å². The summed E-state index contributed by atoms with van der Waals surface area (Å²) in [4.78, 5) is 21.6. The van der Waals surface area contributed by atoms with Crippen LogP contribution in [-0.2, 0) is 4.79 Å². The van der Waals surface area contributed by atoms with E-state index in [4.69, 9.17) is 14.3 Å². The monoisotopic (exact) mass is 234 g/mol. The van der Waals surface area contributed by atoms with E-state index in [2.05, 4.69) is 0 Å². The molecule has 0 fully saturated rings. The maximum atomic E-state index is 11.0. The molecule has 1 N–H and O–H groups in total. The van der Waals surface area contributed by atoms with E-state index in [-0.39, 0.29) is 0 Å². The van der Waals surface area contributed by atoms with Gasteiger partial charge in [0.15, 0.2) is 6.10 Å². The summed E-state index contributed by atoms with van der Waals surface area (Å²) in [5.74, 6) is -0.707. The van der Waals surface area contributed by atoms with Gasteiger partial charge in [-0.1, -0.05) is 0 Å². The number of carbonyl (C=O) groups is 1. The lowest BCUT2D eigenvalue weighted by Gasteiger charge is -2.10. The average molecular weight is 234 g/mol. The lowest BCUT2D eigenvalue weighted by atomic mass is 10.2. The molecule has 1 aromatic heterocycles. The van der Waals surface area contributed by atoms with Gasteiger partial charge >= 0.3 is 11.6 Å². The minimum absolute atomic E-state index is 0.349. The van der Waals surface area contributed by atoms with Gasteiger partial charge < -0.3 is 14.3 Å². The molecule has 0 aliphatic heterocycles. The normalized spacial score (nSPS) is 12.3. The largest absolute Gasteiger partial charge is 0.479 e. The van der Waals surface area contributed by atoms with Gasteiger partial charge in [-0.15, -0.1) is 0 Å². The van der Waals surface area contributed by atoms with Crippen molar-refractivity contribution in [2.24, 2.45) is 0 Å². The molecule has 0 saturated carbocycles. The molecule has 2 aromatic rings. The highest BCUT2D eigenvalue weighted by molar-refractivity contribution is 5.78. The topological polar surface area (TPSA) is 76.7 Å². The first kappa shape index (κ1) is 11.2. The number of ether oxygens (including phenoxy) is 1. The Balaban J connectivity index is 2.37. The highest BCUT2D eigenvalue weighted by Gasteiger charge is 2.12. The fraction of sp³-hybridized carbons (Fsp3) is 0.167. The Bertz CT molecular complexity index is 614. The predicted octanol–water partition coefficient (Wildman–Crippen LogP) is 1.64. The summed E-state index contributed by atoms with van der Waals surface area (Å²) >= 11 is 0. The minimum atomic E-state index is -1.06. The van der Waals surface area contributed by atoms with Crippen molar-refractivity contribution in [2.45, 2.75) is 13.0 Å². The Morgan fingerprint density at radius 3 is 2.76 bits per heavy atom. The summed E-state index contributed by atoms with van der Waals surface area (Å²) < 4.78 is 10.1. The molecule has 88 valence electrons. The van der Waals surface area contributed by atoms with Gasteiger partial charge in [0.25, 0.3) is 0 Å². The van der Waals surface area contributed by atoms with Crippen LogP contribution in [0.25, 0.3) is 11.0 Å². The van der Waals surface area contributed by atoms with Crippen molar-refractivity contribution < 1.29 is 19.1 Å². The van der Waals surface area contributed by atoms with Crippen LogP contribution in [-0.4, -0.2) is 17.2 Å². The van der Waals surface area contributed by atoms with Crippen LogP contribution >= 0.6 is 0 Å². The Morgan fingerprint density at radius 1 is 1.35 bits per heavy atom. The molecule has 0 aliphatic carbocycles. The average Bonchev–Trinajstić information content (AvgIpc) is 2.28. The van der Waals surface area contributed by atoms with Crippen LogP contribution in [0.4, 0.5) is 0 Å². The molecule has 2 rings (SSSR count). The number of benzene rings is 1. The summed E-state index contributed by atoms with van der Waals surface area (Å²) in [7, 11) is 0. The van der Waals surface area contributed by atoms with Gasteiger partial charge in [0.2, 0.25) is 0 Å². The molecule has 0 aliphatic rings. The third-order valence-electron chi connectivity index (χ3n) is 2.26. The molecule has 0 spiro atoms. The zero-order chi connectivity index (χ0) is 12.4. The molecule has 5 heteroatoms. The molecule has 0 amide bonds. The lowest BCUT2D eigenvalue weighted by molar-refractivity contribution is -0.144. The van der Waals surface area contributed by atoms with E-state index in [0.717, 1.165) is 5.39 Å². The highest BCUT2D eigenvalue weighted by Crippen LogP contribution is 2.20. The Kier molecular flexibility index (Phi) is 2.82. The minimum Gasteiger partial charge on any atom is -0.479 e. The number of hydrogen-bond donors (Lipinski definition) is 1. The van der Waals surface area contributed by atoms with Gasteiger partial charge in [-0.25, -0.2) is 9.59 Å². The summed E-state index contributed by atoms with van der Waals surface area (Å²) in [6, 6.07) is 7.77. The highest BCUT2D eigenvalue weighted by atomic mass is 16.5. The lowest BCUT2D eigenvalue weighted by Crippen LogP contribution is -2.22. The molecule has 1 atom stereocenters. The van der Waals surface area contributed by atoms with Gasteiger partial charge in [0, 0.05) is 17.5 Å². The second kappa shape index (κ2) is 4.29. The first-order valence-corrected chi connectivity index (χ1v) is 4.99. The molecule has 0 bridgehead atoms. The maximum absolute atomic E-state index is 11.0. The van der Waals surface area contributed by atoms with Crippen LogP contribution in [0, 0.1) is 0 Å². The second-order valence-corrected chi connectivity index (χ2v) is 3.55. The van der Waals surface area contributed by atoms with Crippen molar-refractivity contribution in [3.05, 3.63) is 40.8 Å². The number of fused-ring (bicyclic) bond motifs is 1. The molecule has 0 radical (unpaired) electrons. The molecule has 1 aromatic carbocycles. The van der Waals surface area contributed by atoms with Crippen LogP contribution in [0.5, 0.6) is 5.75 Å². The fourth-order valence-electron chi connectivity index (χ4n) is 1.37. The van der Waals surface area contributed by atoms with Crippen LogP contribution in [0.1, 0.15) is 6.92 Å². The van der Waals surface area contributed by atoms with Gasteiger partial charge in [-0.2, -0.15) is 0 Å². The maximum Gasteiger partial charge on any atom is 0.344 e. The third-order valence-corrected chi connectivity index (χ3v) is 2.26. The quantitative estimate of drug-likeness (QED) is 0.817. The number of rotatable bonds is 3. The summed E-state index contributed by atoms with van der Waals surface area (Å²) in [6.45, 7) is 1.42. The van der Waals surface area contributed by atoms with E-state index in [1.54, 1.807) is 18.2 Å². The van der Waals surface area contributed by atoms with Crippen molar-refractivity contribution in [3.8, 4) is 5.75 Å². The van der Waals surface area contributed by atoms with E-state index in [1.165, 1.54) is 19.1 Å². The molecule has 0 saturated heterocycles. The fourth-order valence-corrected chi connectivity index (χ4v) is 1.37. The first-order chi connectivity index (χ1) is 8.06. The zero-order valence-corrected chi connectivity index (χ0v) is 9.04. The third kappa shape index (κ3) is 2.44. The van der Waals surface area contributed by atoms with Crippen molar-refractivity contribution in [1.29, 1.82) is 0 Å². The Morgan fingerprint density at radius 2 is 2.06 bits per heavy atom. The number of aliphatic carboxylic acids is 1. The summed E-state index contributed by atoms with van der Waals surface area (Å²) in [5.41, 5.74) is -0.0893. The van der Waals surface area contributed by atoms with Crippen LogP contribution in [0.15, 0.2) is 39.5 Å². The van der Waals surface area contributed by atoms with Crippen molar-refractivity contribution >= 4 is 16.9 Å². The van der Waals surface area contributed by atoms with Gasteiger partial charge in [-0.3, -0.25) is 0 Å². The SMILES string of the molecule is C[C@@H](Oc1ccc2ccc(=O)oc2c1)C(=O)O. The Labute approximate surface area is 96.2 Å². The van der Waals surface area contributed by atoms with Gasteiger partial charge in [0.1, 0.15) is 11.3 Å². The van der Waals surface area contributed by atoms with Crippen molar-refractivity contribution in [2.75, 3.05) is 0 Å². The predicted molar refractivity (Wildman–Crippen MR) is 60.2 cm³/mol. The smallest absolute Gasteiger partial charge is 0.344 e. The summed E-state index contributed by atoms with van der Waals surface area (Å²) in [6.07, 6.45) is -0.956. The summed E-state index contributed by atoms with van der Waals surface area (Å²) in [5, 5.41) is 9.45. The van der Waals surface area contributed by atoms with Crippen LogP contribution < -0.4 is 10.4 Å².